The summed E-state index contributed by atoms with van der Waals surface area (Å²) < 4.78 is 20.7. The van der Waals surface area contributed by atoms with Crippen LogP contribution in [0.4, 0.5) is 9.59 Å². The largest absolute Gasteiger partial charge is 0.511 e. The van der Waals surface area contributed by atoms with Crippen LogP contribution in [0, 0.1) is 11.8 Å². The number of rotatable bonds is 9. The third-order valence-corrected chi connectivity index (χ3v) is 4.57. The van der Waals surface area contributed by atoms with Gasteiger partial charge in [0.25, 0.3) is 0 Å². The topological polar surface area (TPSA) is 100 Å². The Balaban J connectivity index is 2.41. The van der Waals surface area contributed by atoms with Crippen molar-refractivity contribution in [3.63, 3.8) is 0 Å². The van der Waals surface area contributed by atoms with Gasteiger partial charge in [-0.1, -0.05) is 20.3 Å². The molecular formula is C22H39NO7. The molecule has 1 aliphatic rings. The van der Waals surface area contributed by atoms with E-state index in [4.69, 9.17) is 18.9 Å². The molecule has 0 heterocycles. The zero-order valence-corrected chi connectivity index (χ0v) is 19.3. The van der Waals surface area contributed by atoms with Gasteiger partial charge in [0.05, 0.1) is 6.42 Å². The second-order valence-electron chi connectivity index (χ2n) is 9.39. The van der Waals surface area contributed by atoms with E-state index in [0.717, 1.165) is 38.5 Å². The average Bonchev–Trinajstić information content (AvgIpc) is 2.58. The molecule has 1 rings (SSSR count). The van der Waals surface area contributed by atoms with Gasteiger partial charge in [0.15, 0.2) is 0 Å². The number of alkyl carbamates (subject to hydrolysis) is 1. The Labute approximate surface area is 180 Å². The molecule has 8 heteroatoms. The zero-order chi connectivity index (χ0) is 22.7. The van der Waals surface area contributed by atoms with Crippen molar-refractivity contribution in [1.82, 2.24) is 5.32 Å². The van der Waals surface area contributed by atoms with E-state index in [1.165, 1.54) is 6.92 Å². The van der Waals surface area contributed by atoms with Crippen LogP contribution in [0.1, 0.15) is 86.5 Å². The summed E-state index contributed by atoms with van der Waals surface area (Å²) in [6, 6.07) is 0. The SMILES string of the molecule is CC(C)C[C@H](CNC(=O)OC(C)(C)C)CC(=O)OC(C)OC(=O)OC1CCCCC1. The number of carbonyl (C=O) groups is 3. The number of hydrogen-bond acceptors (Lipinski definition) is 7. The molecule has 2 atom stereocenters. The first-order valence-electron chi connectivity index (χ1n) is 11.0. The molecule has 0 aromatic carbocycles. The van der Waals surface area contributed by atoms with Gasteiger partial charge in [-0.25, -0.2) is 9.59 Å². The smallest absolute Gasteiger partial charge is 0.444 e. The van der Waals surface area contributed by atoms with Crippen molar-refractivity contribution in [3.05, 3.63) is 0 Å². The van der Waals surface area contributed by atoms with Gasteiger partial charge >= 0.3 is 18.2 Å². The van der Waals surface area contributed by atoms with Crippen LogP contribution < -0.4 is 5.32 Å². The number of nitrogens with one attached hydrogen (secondary N) is 1. The number of hydrogen-bond donors (Lipinski definition) is 1. The average molecular weight is 430 g/mol. The minimum absolute atomic E-state index is 0.0966. The lowest BCUT2D eigenvalue weighted by molar-refractivity contribution is -0.170. The standard InChI is InChI=1S/C22H39NO7/c1-15(2)12-17(14-23-20(25)30-22(4,5)6)13-19(24)27-16(3)28-21(26)29-18-10-8-7-9-11-18/h15-18H,7-14H2,1-6H3,(H,23,25)/t16?,17-/m0/s1. The van der Waals surface area contributed by atoms with Gasteiger partial charge in [-0.3, -0.25) is 4.79 Å². The maximum Gasteiger partial charge on any atom is 0.511 e. The molecule has 0 saturated heterocycles. The predicted octanol–water partition coefficient (Wildman–Crippen LogP) is 4.94. The van der Waals surface area contributed by atoms with E-state index in [9.17, 15) is 14.4 Å². The van der Waals surface area contributed by atoms with E-state index >= 15 is 0 Å². The van der Waals surface area contributed by atoms with Crippen molar-refractivity contribution in [2.24, 2.45) is 11.8 Å². The third-order valence-electron chi connectivity index (χ3n) is 4.57. The van der Waals surface area contributed by atoms with E-state index in [2.05, 4.69) is 5.32 Å². The van der Waals surface area contributed by atoms with Gasteiger partial charge in [0.2, 0.25) is 6.29 Å². The molecule has 0 spiro atoms. The van der Waals surface area contributed by atoms with Crippen LogP contribution in [-0.4, -0.2) is 42.8 Å². The Morgan fingerprint density at radius 1 is 1.00 bits per heavy atom. The summed E-state index contributed by atoms with van der Waals surface area (Å²) in [7, 11) is 0. The molecule has 174 valence electrons. The summed E-state index contributed by atoms with van der Waals surface area (Å²) in [5.74, 6) is -0.279. The molecule has 0 aliphatic heterocycles. The Morgan fingerprint density at radius 2 is 1.63 bits per heavy atom. The number of carbonyl (C=O) groups excluding carboxylic acids is 3. The fourth-order valence-corrected chi connectivity index (χ4v) is 3.42. The van der Waals surface area contributed by atoms with Crippen molar-refractivity contribution < 1.29 is 33.3 Å². The van der Waals surface area contributed by atoms with Gasteiger partial charge < -0.3 is 24.3 Å². The van der Waals surface area contributed by atoms with Gasteiger partial charge in [0, 0.05) is 13.5 Å². The van der Waals surface area contributed by atoms with Gasteiger partial charge in [0.1, 0.15) is 11.7 Å². The third kappa shape index (κ3) is 12.5. The number of ether oxygens (including phenoxy) is 4. The lowest BCUT2D eigenvalue weighted by Gasteiger charge is -2.24. The summed E-state index contributed by atoms with van der Waals surface area (Å²) >= 11 is 0. The molecule has 1 fully saturated rings. The lowest BCUT2D eigenvalue weighted by atomic mass is 9.94. The monoisotopic (exact) mass is 429 g/mol. The predicted molar refractivity (Wildman–Crippen MR) is 112 cm³/mol. The van der Waals surface area contributed by atoms with Crippen LogP contribution in [0.5, 0.6) is 0 Å². The minimum Gasteiger partial charge on any atom is -0.444 e. The first-order valence-corrected chi connectivity index (χ1v) is 11.0. The van der Waals surface area contributed by atoms with Crippen molar-refractivity contribution in [1.29, 1.82) is 0 Å². The Morgan fingerprint density at radius 3 is 2.20 bits per heavy atom. The van der Waals surface area contributed by atoms with Crippen LogP contribution in [0.2, 0.25) is 0 Å². The zero-order valence-electron chi connectivity index (χ0n) is 19.3. The Bertz CT molecular complexity index is 550. The molecular weight excluding hydrogens is 390 g/mol. The maximum atomic E-state index is 12.3. The lowest BCUT2D eigenvalue weighted by Crippen LogP contribution is -2.36. The maximum absolute atomic E-state index is 12.3. The second kappa shape index (κ2) is 12.6. The molecule has 8 nitrogen and oxygen atoms in total. The first kappa shape index (κ1) is 26.0. The van der Waals surface area contributed by atoms with Crippen molar-refractivity contribution >= 4 is 18.2 Å². The fraction of sp³-hybridized carbons (Fsp3) is 0.864. The fourth-order valence-electron chi connectivity index (χ4n) is 3.42. The normalized spacial score (nSPS) is 17.0. The van der Waals surface area contributed by atoms with E-state index in [1.54, 1.807) is 20.8 Å². The molecule has 30 heavy (non-hydrogen) atoms. The molecule has 0 aromatic rings. The molecule has 1 unspecified atom stereocenters. The second-order valence-corrected chi connectivity index (χ2v) is 9.39. The highest BCUT2D eigenvalue weighted by molar-refractivity contribution is 5.70. The number of amides is 1. The quantitative estimate of drug-likeness (QED) is 0.315. The van der Waals surface area contributed by atoms with Crippen LogP contribution in [0.25, 0.3) is 0 Å². The van der Waals surface area contributed by atoms with Crippen LogP contribution in [0.15, 0.2) is 0 Å². The summed E-state index contributed by atoms with van der Waals surface area (Å²) in [6.07, 6.45) is 3.24. The molecule has 1 amide bonds. The summed E-state index contributed by atoms with van der Waals surface area (Å²) in [5.41, 5.74) is -0.588. The highest BCUT2D eigenvalue weighted by atomic mass is 16.8. The van der Waals surface area contributed by atoms with Crippen LogP contribution in [0.3, 0.4) is 0 Å². The summed E-state index contributed by atoms with van der Waals surface area (Å²) in [6.45, 7) is 11.2. The Kier molecular flexibility index (Phi) is 11.0. The molecule has 0 aromatic heterocycles. The Hall–Kier alpha value is -1.99. The minimum atomic E-state index is -1.04. The van der Waals surface area contributed by atoms with Crippen LogP contribution in [-0.2, 0) is 23.7 Å². The van der Waals surface area contributed by atoms with Crippen molar-refractivity contribution in [2.45, 2.75) is 104 Å². The molecule has 0 bridgehead atoms. The first-order chi connectivity index (χ1) is 13.9. The van der Waals surface area contributed by atoms with Gasteiger partial charge in [-0.2, -0.15) is 0 Å². The molecule has 1 aliphatic carbocycles. The molecule has 1 saturated carbocycles. The van der Waals surface area contributed by atoms with E-state index < -0.39 is 30.1 Å². The summed E-state index contributed by atoms with van der Waals surface area (Å²) in [5, 5.41) is 2.71. The van der Waals surface area contributed by atoms with E-state index in [0.29, 0.717) is 12.5 Å². The highest BCUT2D eigenvalue weighted by Crippen LogP contribution is 2.21. The number of esters is 1. The van der Waals surface area contributed by atoms with Crippen molar-refractivity contribution in [2.75, 3.05) is 6.54 Å². The molecule has 1 N–H and O–H groups in total. The van der Waals surface area contributed by atoms with Gasteiger partial charge in [-0.05, 0) is 64.7 Å². The molecule has 0 radical (unpaired) electrons. The van der Waals surface area contributed by atoms with E-state index in [1.807, 2.05) is 13.8 Å². The van der Waals surface area contributed by atoms with Crippen LogP contribution >= 0.6 is 0 Å². The van der Waals surface area contributed by atoms with Crippen molar-refractivity contribution in [3.8, 4) is 0 Å². The summed E-state index contributed by atoms with van der Waals surface area (Å²) in [4.78, 5) is 36.0. The highest BCUT2D eigenvalue weighted by Gasteiger charge is 2.24. The van der Waals surface area contributed by atoms with E-state index in [-0.39, 0.29) is 18.4 Å². The van der Waals surface area contributed by atoms with Gasteiger partial charge in [-0.15, -0.1) is 0 Å².